The van der Waals surface area contributed by atoms with E-state index in [1.165, 1.54) is 0 Å². The van der Waals surface area contributed by atoms with Crippen molar-refractivity contribution >= 4 is 17.5 Å². The Morgan fingerprint density at radius 2 is 1.91 bits per heavy atom. The molecule has 22 heavy (non-hydrogen) atoms. The van der Waals surface area contributed by atoms with Crippen LogP contribution in [-0.2, 0) is 4.79 Å². The van der Waals surface area contributed by atoms with Gasteiger partial charge < -0.3 is 19.7 Å². The quantitative estimate of drug-likeness (QED) is 0.843. The highest BCUT2D eigenvalue weighted by atomic mass is 35.5. The summed E-state index contributed by atoms with van der Waals surface area (Å²) in [6, 6.07) is 5.48. The van der Waals surface area contributed by atoms with Gasteiger partial charge in [0.1, 0.15) is 5.38 Å². The van der Waals surface area contributed by atoms with Gasteiger partial charge in [0, 0.05) is 6.04 Å². The number of alkyl halides is 1. The van der Waals surface area contributed by atoms with Crippen molar-refractivity contribution in [1.82, 2.24) is 10.2 Å². The molecule has 1 aromatic rings. The van der Waals surface area contributed by atoms with Gasteiger partial charge in [0.05, 0.1) is 14.2 Å². The summed E-state index contributed by atoms with van der Waals surface area (Å²) in [7, 11) is 5.22. The highest BCUT2D eigenvalue weighted by molar-refractivity contribution is 6.30. The Morgan fingerprint density at radius 3 is 2.50 bits per heavy atom. The summed E-state index contributed by atoms with van der Waals surface area (Å²) in [5.41, 5.74) is 0.699. The summed E-state index contributed by atoms with van der Waals surface area (Å²) in [4.78, 5) is 14.6. The van der Waals surface area contributed by atoms with Crippen LogP contribution >= 0.6 is 11.6 Å². The van der Waals surface area contributed by atoms with Gasteiger partial charge in [-0.3, -0.25) is 4.79 Å². The monoisotopic (exact) mass is 326 g/mol. The van der Waals surface area contributed by atoms with Gasteiger partial charge in [-0.25, -0.2) is 0 Å². The maximum atomic E-state index is 12.3. The Kier molecular flexibility index (Phi) is 5.91. The molecule has 1 aliphatic rings. The van der Waals surface area contributed by atoms with Crippen molar-refractivity contribution in [3.8, 4) is 11.5 Å². The molecule has 0 saturated carbocycles. The molecule has 0 aliphatic carbocycles. The van der Waals surface area contributed by atoms with Crippen LogP contribution in [0.4, 0.5) is 0 Å². The molecule has 1 heterocycles. The summed E-state index contributed by atoms with van der Waals surface area (Å²) in [6.07, 6.45) is 1.91. The molecule has 1 atom stereocenters. The Bertz CT molecular complexity index is 516. The van der Waals surface area contributed by atoms with Crippen molar-refractivity contribution < 1.29 is 14.3 Å². The fraction of sp³-hybridized carbons (Fsp3) is 0.562. The van der Waals surface area contributed by atoms with E-state index in [0.717, 1.165) is 25.9 Å². The number of nitrogens with zero attached hydrogens (tertiary/aromatic N) is 1. The minimum Gasteiger partial charge on any atom is -0.493 e. The molecule has 2 rings (SSSR count). The predicted molar refractivity (Wildman–Crippen MR) is 86.8 cm³/mol. The van der Waals surface area contributed by atoms with Crippen LogP contribution in [0.3, 0.4) is 0 Å². The van der Waals surface area contributed by atoms with Crippen molar-refractivity contribution in [3.63, 3.8) is 0 Å². The molecule has 1 fully saturated rings. The van der Waals surface area contributed by atoms with Gasteiger partial charge in [-0.15, -0.1) is 11.6 Å². The number of benzene rings is 1. The van der Waals surface area contributed by atoms with Crippen molar-refractivity contribution in [3.05, 3.63) is 23.8 Å². The zero-order chi connectivity index (χ0) is 16.1. The van der Waals surface area contributed by atoms with Gasteiger partial charge in [0.15, 0.2) is 11.5 Å². The van der Waals surface area contributed by atoms with Crippen LogP contribution in [0.5, 0.6) is 11.5 Å². The van der Waals surface area contributed by atoms with Crippen molar-refractivity contribution in [2.24, 2.45) is 0 Å². The highest BCUT2D eigenvalue weighted by Crippen LogP contribution is 2.32. The summed E-state index contributed by atoms with van der Waals surface area (Å²) in [6.45, 7) is 1.99. The van der Waals surface area contributed by atoms with Crippen LogP contribution in [-0.4, -0.2) is 51.2 Å². The SMILES string of the molecule is COc1ccc(C(Cl)C(=O)NC2CCN(C)CC2)cc1OC. The molecule has 1 N–H and O–H groups in total. The summed E-state index contributed by atoms with van der Waals surface area (Å²) in [5.74, 6) is 1.02. The fourth-order valence-electron chi connectivity index (χ4n) is 2.59. The number of hydrogen-bond donors (Lipinski definition) is 1. The van der Waals surface area contributed by atoms with E-state index in [9.17, 15) is 4.79 Å². The Hall–Kier alpha value is -1.46. The van der Waals surface area contributed by atoms with E-state index in [0.29, 0.717) is 17.1 Å². The van der Waals surface area contributed by atoms with Gasteiger partial charge >= 0.3 is 0 Å². The lowest BCUT2D eigenvalue weighted by Gasteiger charge is -2.30. The molecular weight excluding hydrogens is 304 g/mol. The van der Waals surface area contributed by atoms with Crippen molar-refractivity contribution in [2.45, 2.75) is 24.3 Å². The van der Waals surface area contributed by atoms with Crippen LogP contribution in [0.15, 0.2) is 18.2 Å². The van der Waals surface area contributed by atoms with Crippen LogP contribution in [0.2, 0.25) is 0 Å². The summed E-state index contributed by atoms with van der Waals surface area (Å²) in [5, 5.41) is 2.30. The maximum absolute atomic E-state index is 12.3. The number of methoxy groups -OCH3 is 2. The fourth-order valence-corrected chi connectivity index (χ4v) is 2.79. The molecule has 1 unspecified atom stereocenters. The van der Waals surface area contributed by atoms with Crippen molar-refractivity contribution in [2.75, 3.05) is 34.4 Å². The molecule has 1 aliphatic heterocycles. The van der Waals surface area contributed by atoms with Gasteiger partial charge in [-0.2, -0.15) is 0 Å². The van der Waals surface area contributed by atoms with Crippen LogP contribution in [0.25, 0.3) is 0 Å². The third-order valence-electron chi connectivity index (χ3n) is 4.00. The van der Waals surface area contributed by atoms with Gasteiger partial charge in [0.2, 0.25) is 5.91 Å². The first-order valence-electron chi connectivity index (χ1n) is 7.40. The molecule has 6 heteroatoms. The number of likely N-dealkylation sites (tertiary alicyclic amines) is 1. The summed E-state index contributed by atoms with van der Waals surface area (Å²) < 4.78 is 10.4. The van der Waals surface area contributed by atoms with Gasteiger partial charge in [-0.1, -0.05) is 6.07 Å². The molecule has 1 aromatic carbocycles. The number of amides is 1. The lowest BCUT2D eigenvalue weighted by molar-refractivity contribution is -0.121. The Balaban J connectivity index is 2.01. The van der Waals surface area contributed by atoms with Crippen LogP contribution < -0.4 is 14.8 Å². The number of hydrogen-bond acceptors (Lipinski definition) is 4. The number of carbonyl (C=O) groups is 1. The minimum atomic E-state index is -0.737. The van der Waals surface area contributed by atoms with E-state index in [4.69, 9.17) is 21.1 Å². The molecule has 0 radical (unpaired) electrons. The zero-order valence-electron chi connectivity index (χ0n) is 13.3. The molecule has 5 nitrogen and oxygen atoms in total. The average molecular weight is 327 g/mol. The standard InChI is InChI=1S/C16H23ClN2O3/c1-19-8-6-12(7-9-19)18-16(20)15(17)11-4-5-13(21-2)14(10-11)22-3/h4-5,10,12,15H,6-9H2,1-3H3,(H,18,20). The Labute approximate surface area is 136 Å². The molecule has 0 aromatic heterocycles. The second-order valence-electron chi connectivity index (χ2n) is 5.56. The third-order valence-corrected chi connectivity index (χ3v) is 4.45. The number of ether oxygens (including phenoxy) is 2. The maximum Gasteiger partial charge on any atom is 0.242 e. The summed E-state index contributed by atoms with van der Waals surface area (Å²) >= 11 is 6.31. The number of halogens is 1. The molecule has 1 saturated heterocycles. The normalized spacial score (nSPS) is 17.8. The van der Waals surface area contributed by atoms with Crippen molar-refractivity contribution in [1.29, 1.82) is 0 Å². The number of piperidine rings is 1. The zero-order valence-corrected chi connectivity index (χ0v) is 14.0. The first-order chi connectivity index (χ1) is 10.5. The van der Waals surface area contributed by atoms with E-state index >= 15 is 0 Å². The second kappa shape index (κ2) is 7.70. The molecular formula is C16H23ClN2O3. The van der Waals surface area contributed by atoms with Crippen LogP contribution in [0.1, 0.15) is 23.8 Å². The minimum absolute atomic E-state index is 0.163. The smallest absolute Gasteiger partial charge is 0.242 e. The molecule has 0 bridgehead atoms. The predicted octanol–water partition coefficient (Wildman–Crippen LogP) is 2.19. The molecule has 1 amide bonds. The lowest BCUT2D eigenvalue weighted by Crippen LogP contribution is -2.44. The van der Waals surface area contributed by atoms with E-state index in [1.54, 1.807) is 32.4 Å². The number of nitrogens with one attached hydrogen (secondary N) is 1. The third kappa shape index (κ3) is 4.05. The lowest BCUT2D eigenvalue weighted by atomic mass is 10.0. The molecule has 0 spiro atoms. The topological polar surface area (TPSA) is 50.8 Å². The van der Waals surface area contributed by atoms with E-state index < -0.39 is 5.38 Å². The van der Waals surface area contributed by atoms with E-state index in [2.05, 4.69) is 17.3 Å². The van der Waals surface area contributed by atoms with Gasteiger partial charge in [-0.05, 0) is 50.7 Å². The highest BCUT2D eigenvalue weighted by Gasteiger charge is 2.24. The number of rotatable bonds is 5. The first-order valence-corrected chi connectivity index (χ1v) is 7.83. The molecule has 122 valence electrons. The first kappa shape index (κ1) is 16.9. The largest absolute Gasteiger partial charge is 0.493 e. The average Bonchev–Trinajstić information content (AvgIpc) is 2.55. The van der Waals surface area contributed by atoms with Crippen LogP contribution in [0, 0.1) is 0 Å². The Morgan fingerprint density at radius 1 is 1.27 bits per heavy atom. The number of carbonyl (C=O) groups excluding carboxylic acids is 1. The van der Waals surface area contributed by atoms with Gasteiger partial charge in [0.25, 0.3) is 0 Å². The second-order valence-corrected chi connectivity index (χ2v) is 6.00. The van der Waals surface area contributed by atoms with E-state index in [-0.39, 0.29) is 11.9 Å². The van der Waals surface area contributed by atoms with E-state index in [1.807, 2.05) is 0 Å².